The number of fused-ring (bicyclic) bond motifs is 1. The maximum atomic E-state index is 6.05. The van der Waals surface area contributed by atoms with Crippen LogP contribution < -0.4 is 14.2 Å². The van der Waals surface area contributed by atoms with Crippen LogP contribution in [0.3, 0.4) is 0 Å². The number of hydrogen-bond donors (Lipinski definition) is 0. The number of benzene rings is 3. The van der Waals surface area contributed by atoms with E-state index < -0.39 is 0 Å². The summed E-state index contributed by atoms with van der Waals surface area (Å²) in [7, 11) is 1.66. The van der Waals surface area contributed by atoms with Crippen LogP contribution in [0.4, 0.5) is 0 Å². The second-order valence-corrected chi connectivity index (χ2v) is 7.70. The predicted molar refractivity (Wildman–Crippen MR) is 123 cm³/mol. The van der Waals surface area contributed by atoms with Crippen LogP contribution in [-0.2, 0) is 13.2 Å². The van der Waals surface area contributed by atoms with Crippen molar-refractivity contribution in [2.45, 2.75) is 32.9 Å². The third kappa shape index (κ3) is 5.00. The Labute approximate surface area is 183 Å². The summed E-state index contributed by atoms with van der Waals surface area (Å²) in [4.78, 5) is 4.79. The third-order valence-corrected chi connectivity index (χ3v) is 5.29. The van der Waals surface area contributed by atoms with Crippen molar-refractivity contribution in [2.24, 2.45) is 0 Å². The Balaban J connectivity index is 1.46. The van der Waals surface area contributed by atoms with Crippen LogP contribution in [-0.4, -0.2) is 23.3 Å². The topological polar surface area (TPSA) is 45.5 Å². The van der Waals surface area contributed by atoms with Crippen molar-refractivity contribution in [1.29, 1.82) is 0 Å². The third-order valence-electron chi connectivity index (χ3n) is 5.29. The van der Waals surface area contributed by atoms with Gasteiger partial charge in [0.15, 0.2) is 0 Å². The highest BCUT2D eigenvalue weighted by Crippen LogP contribution is 2.22. The van der Waals surface area contributed by atoms with Gasteiger partial charge in [-0.1, -0.05) is 38.1 Å². The summed E-state index contributed by atoms with van der Waals surface area (Å²) < 4.78 is 19.3. The molecule has 0 unspecified atom stereocenters. The molecule has 4 aromatic rings. The van der Waals surface area contributed by atoms with Gasteiger partial charge in [-0.3, -0.25) is 0 Å². The molecule has 3 aromatic carbocycles. The van der Waals surface area contributed by atoms with Crippen LogP contribution in [0.5, 0.6) is 17.2 Å². The molecule has 0 amide bonds. The van der Waals surface area contributed by atoms with Crippen LogP contribution >= 0.6 is 0 Å². The summed E-state index contributed by atoms with van der Waals surface area (Å²) in [6.07, 6.45) is 0. The number of hydrogen-bond acceptors (Lipinski definition) is 4. The summed E-state index contributed by atoms with van der Waals surface area (Å²) in [6.45, 7) is 5.98. The highest BCUT2D eigenvalue weighted by Gasteiger charge is 2.11. The highest BCUT2D eigenvalue weighted by atomic mass is 16.5. The number of para-hydroxylation sites is 2. The van der Waals surface area contributed by atoms with E-state index >= 15 is 0 Å². The van der Waals surface area contributed by atoms with Crippen molar-refractivity contribution < 1.29 is 14.2 Å². The van der Waals surface area contributed by atoms with Gasteiger partial charge in [-0.25, -0.2) is 4.98 Å². The fourth-order valence-corrected chi connectivity index (χ4v) is 3.51. The summed E-state index contributed by atoms with van der Waals surface area (Å²) in [5, 5.41) is 0. The number of rotatable bonds is 9. The fourth-order valence-electron chi connectivity index (χ4n) is 3.51. The number of imidazole rings is 1. The molecule has 0 saturated heterocycles. The van der Waals surface area contributed by atoms with Crippen LogP contribution in [0.25, 0.3) is 11.0 Å². The van der Waals surface area contributed by atoms with Crippen LogP contribution in [0.1, 0.15) is 31.2 Å². The summed E-state index contributed by atoms with van der Waals surface area (Å²) in [6, 6.07) is 24.0. The number of methoxy groups -OCH3 is 1. The molecule has 0 aliphatic heterocycles. The summed E-state index contributed by atoms with van der Waals surface area (Å²) >= 11 is 0. The van der Waals surface area contributed by atoms with Gasteiger partial charge in [-0.05, 0) is 60.0 Å². The van der Waals surface area contributed by atoms with Gasteiger partial charge in [0.05, 0.1) is 24.7 Å². The molecule has 0 fully saturated rings. The zero-order valence-corrected chi connectivity index (χ0v) is 18.2. The zero-order valence-electron chi connectivity index (χ0n) is 18.2. The molecule has 0 atom stereocenters. The molecule has 0 saturated carbocycles. The van der Waals surface area contributed by atoms with E-state index in [1.54, 1.807) is 7.11 Å². The molecule has 0 spiro atoms. The quantitative estimate of drug-likeness (QED) is 0.345. The van der Waals surface area contributed by atoms with E-state index in [0.717, 1.165) is 34.1 Å². The van der Waals surface area contributed by atoms with Crippen molar-refractivity contribution in [2.75, 3.05) is 13.7 Å². The molecule has 1 aromatic heterocycles. The molecule has 0 N–H and O–H groups in total. The Bertz CT molecular complexity index is 1120. The Morgan fingerprint density at radius 1 is 0.806 bits per heavy atom. The standard InChI is InChI=1S/C26H28N2O3/c1-19(2)20-8-10-23(11-9-20)31-18-26-27-24-6-4-5-7-25(24)28(26)16-17-30-22-14-12-21(29-3)13-15-22/h4-15,19H,16-18H2,1-3H3. The molecule has 160 valence electrons. The first kappa shape index (κ1) is 20.8. The molecular formula is C26H28N2O3. The van der Waals surface area contributed by atoms with Crippen LogP contribution in [0.2, 0.25) is 0 Å². The average molecular weight is 417 g/mol. The van der Waals surface area contributed by atoms with Crippen LogP contribution in [0.15, 0.2) is 72.8 Å². The van der Waals surface area contributed by atoms with E-state index in [2.05, 4.69) is 36.6 Å². The minimum absolute atomic E-state index is 0.401. The lowest BCUT2D eigenvalue weighted by Gasteiger charge is -2.12. The lowest BCUT2D eigenvalue weighted by Crippen LogP contribution is -2.13. The maximum absolute atomic E-state index is 6.05. The van der Waals surface area contributed by atoms with Crippen molar-refractivity contribution in [3.8, 4) is 17.2 Å². The summed E-state index contributed by atoms with van der Waals surface area (Å²) in [5.41, 5.74) is 3.34. The van der Waals surface area contributed by atoms with E-state index in [1.165, 1.54) is 5.56 Å². The van der Waals surface area contributed by atoms with Gasteiger partial charge in [0, 0.05) is 0 Å². The normalized spacial score (nSPS) is 11.1. The molecule has 0 aliphatic carbocycles. The van der Waals surface area contributed by atoms with Gasteiger partial charge >= 0.3 is 0 Å². The molecule has 1 heterocycles. The fraction of sp³-hybridized carbons (Fsp3) is 0.269. The number of nitrogens with zero attached hydrogens (tertiary/aromatic N) is 2. The average Bonchev–Trinajstić information content (AvgIpc) is 3.16. The van der Waals surface area contributed by atoms with Crippen molar-refractivity contribution >= 4 is 11.0 Å². The molecule has 5 heteroatoms. The Morgan fingerprint density at radius 2 is 1.45 bits per heavy atom. The molecule has 5 nitrogen and oxygen atoms in total. The second-order valence-electron chi connectivity index (χ2n) is 7.70. The van der Waals surface area contributed by atoms with E-state index in [4.69, 9.17) is 19.2 Å². The zero-order chi connectivity index (χ0) is 21.6. The maximum Gasteiger partial charge on any atom is 0.148 e. The van der Waals surface area contributed by atoms with Gasteiger partial charge in [-0.15, -0.1) is 0 Å². The SMILES string of the molecule is COc1ccc(OCCn2c(COc3ccc(C(C)C)cc3)nc3ccccc32)cc1. The van der Waals surface area contributed by atoms with Gasteiger partial charge in [-0.2, -0.15) is 0 Å². The summed E-state index contributed by atoms with van der Waals surface area (Å²) in [5.74, 6) is 3.86. The van der Waals surface area contributed by atoms with E-state index in [1.807, 2.05) is 54.6 Å². The van der Waals surface area contributed by atoms with Gasteiger partial charge < -0.3 is 18.8 Å². The number of aromatic nitrogens is 2. The monoisotopic (exact) mass is 416 g/mol. The first-order valence-corrected chi connectivity index (χ1v) is 10.6. The molecular weight excluding hydrogens is 388 g/mol. The molecule has 4 rings (SSSR count). The van der Waals surface area contributed by atoms with E-state index in [-0.39, 0.29) is 0 Å². The minimum Gasteiger partial charge on any atom is -0.497 e. The van der Waals surface area contributed by atoms with Crippen molar-refractivity contribution in [1.82, 2.24) is 9.55 Å². The van der Waals surface area contributed by atoms with E-state index in [9.17, 15) is 0 Å². The predicted octanol–water partition coefficient (Wildman–Crippen LogP) is 5.83. The largest absolute Gasteiger partial charge is 0.497 e. The first-order chi connectivity index (χ1) is 15.1. The molecule has 0 aliphatic rings. The van der Waals surface area contributed by atoms with Crippen molar-refractivity contribution in [3.05, 3.63) is 84.2 Å². The van der Waals surface area contributed by atoms with Gasteiger partial charge in [0.25, 0.3) is 0 Å². The van der Waals surface area contributed by atoms with Crippen molar-refractivity contribution in [3.63, 3.8) is 0 Å². The molecule has 31 heavy (non-hydrogen) atoms. The Hall–Kier alpha value is -3.47. The number of ether oxygens (including phenoxy) is 3. The molecule has 0 radical (unpaired) electrons. The van der Waals surface area contributed by atoms with Crippen LogP contribution in [0, 0.1) is 0 Å². The second kappa shape index (κ2) is 9.56. The Morgan fingerprint density at radius 3 is 2.16 bits per heavy atom. The van der Waals surface area contributed by atoms with Gasteiger partial charge in [0.2, 0.25) is 0 Å². The lowest BCUT2D eigenvalue weighted by molar-refractivity contribution is 0.272. The first-order valence-electron chi connectivity index (χ1n) is 10.6. The van der Waals surface area contributed by atoms with E-state index in [0.29, 0.717) is 25.7 Å². The van der Waals surface area contributed by atoms with Gasteiger partial charge in [0.1, 0.15) is 36.3 Å². The Kier molecular flexibility index (Phi) is 6.41. The highest BCUT2D eigenvalue weighted by molar-refractivity contribution is 5.75. The smallest absolute Gasteiger partial charge is 0.148 e. The minimum atomic E-state index is 0.401. The lowest BCUT2D eigenvalue weighted by atomic mass is 10.0. The molecule has 0 bridgehead atoms.